The zero-order chi connectivity index (χ0) is 13.2. The first-order valence-corrected chi connectivity index (χ1v) is 4.67. The predicted molar refractivity (Wildman–Crippen MR) is 49.8 cm³/mol. The van der Waals surface area contributed by atoms with Gasteiger partial charge in [0.25, 0.3) is 6.43 Å². The van der Waals surface area contributed by atoms with E-state index in [0.717, 1.165) is 0 Å². The Kier molecular flexibility index (Phi) is 3.97. The van der Waals surface area contributed by atoms with Gasteiger partial charge in [-0.1, -0.05) is 0 Å². The summed E-state index contributed by atoms with van der Waals surface area (Å²) in [5.41, 5.74) is 3.93. The van der Waals surface area contributed by atoms with Gasteiger partial charge in [-0.3, -0.25) is 0 Å². The highest BCUT2D eigenvalue weighted by molar-refractivity contribution is 6.16. The lowest BCUT2D eigenvalue weighted by atomic mass is 10.2. The lowest BCUT2D eigenvalue weighted by molar-refractivity contribution is -0.275. The van der Waals surface area contributed by atoms with Crippen LogP contribution in [0, 0.1) is 0 Å². The lowest BCUT2D eigenvalue weighted by Crippen LogP contribution is -2.19. The number of nitrogen functional groups attached to an aromatic ring is 1. The third-order valence-electron chi connectivity index (χ3n) is 1.68. The average molecular weight is 277 g/mol. The van der Waals surface area contributed by atoms with E-state index in [4.69, 9.17) is 17.3 Å². The predicted octanol–water partition coefficient (Wildman–Crippen LogP) is 3.24. The molecule has 96 valence electrons. The Morgan fingerprint density at radius 1 is 1.41 bits per heavy atom. The van der Waals surface area contributed by atoms with Crippen LogP contribution in [0.1, 0.15) is 17.7 Å². The van der Waals surface area contributed by atoms with Gasteiger partial charge in [0.2, 0.25) is 0 Å². The number of ether oxygens (including phenoxy) is 1. The molecule has 0 saturated carbocycles. The average Bonchev–Trinajstić information content (AvgIpc) is 2.13. The van der Waals surface area contributed by atoms with Crippen molar-refractivity contribution in [3.63, 3.8) is 0 Å². The van der Waals surface area contributed by atoms with Gasteiger partial charge in [-0.25, -0.2) is 13.8 Å². The molecule has 9 heteroatoms. The number of hydrogen-bond acceptors (Lipinski definition) is 3. The minimum absolute atomic E-state index is 0.0900. The molecule has 0 aliphatic carbocycles. The first-order valence-electron chi connectivity index (χ1n) is 4.13. The molecule has 1 rings (SSSR count). The topological polar surface area (TPSA) is 48.1 Å². The van der Waals surface area contributed by atoms with Crippen LogP contribution < -0.4 is 10.5 Å². The van der Waals surface area contributed by atoms with E-state index in [9.17, 15) is 22.0 Å². The van der Waals surface area contributed by atoms with Crippen molar-refractivity contribution in [1.29, 1.82) is 0 Å². The maximum absolute atomic E-state index is 12.5. The number of nitrogens with two attached hydrogens (primary N) is 1. The number of rotatable bonds is 3. The van der Waals surface area contributed by atoms with Crippen molar-refractivity contribution in [1.82, 2.24) is 4.98 Å². The van der Waals surface area contributed by atoms with Crippen molar-refractivity contribution < 1.29 is 26.7 Å². The molecule has 0 aromatic carbocycles. The number of nitrogens with zero attached hydrogens (tertiary/aromatic N) is 1. The summed E-state index contributed by atoms with van der Waals surface area (Å²) >= 11 is 5.33. The molecule has 0 unspecified atom stereocenters. The zero-order valence-corrected chi connectivity index (χ0v) is 8.82. The summed E-state index contributed by atoms with van der Waals surface area (Å²) in [5.74, 6) is -2.10. The Bertz CT molecular complexity index is 410. The van der Waals surface area contributed by atoms with Crippen LogP contribution in [-0.4, -0.2) is 11.3 Å². The molecule has 0 amide bonds. The summed E-state index contributed by atoms with van der Waals surface area (Å²) in [7, 11) is 0. The van der Waals surface area contributed by atoms with E-state index in [1.54, 1.807) is 0 Å². The molecule has 0 saturated heterocycles. The van der Waals surface area contributed by atoms with Gasteiger partial charge in [0.15, 0.2) is 0 Å². The van der Waals surface area contributed by atoms with Crippen LogP contribution in [-0.2, 0) is 5.88 Å². The van der Waals surface area contributed by atoms with E-state index >= 15 is 0 Å². The largest absolute Gasteiger partial charge is 0.573 e. The summed E-state index contributed by atoms with van der Waals surface area (Å²) in [6.07, 6.45) is -8.33. The molecule has 0 bridgehead atoms. The van der Waals surface area contributed by atoms with Crippen LogP contribution in [0.3, 0.4) is 0 Å². The second-order valence-electron chi connectivity index (χ2n) is 2.89. The molecule has 1 aromatic rings. The molecule has 0 radical (unpaired) electrons. The summed E-state index contributed by atoms with van der Waals surface area (Å²) in [6, 6.07) is 0.679. The highest BCUT2D eigenvalue weighted by atomic mass is 35.5. The number of anilines is 1. The summed E-state index contributed by atoms with van der Waals surface area (Å²) in [5, 5.41) is 0. The SMILES string of the molecule is Nc1nc(CCl)cc(OC(F)(F)F)c1C(F)F. The first kappa shape index (κ1) is 13.8. The van der Waals surface area contributed by atoms with Crippen molar-refractivity contribution in [3.05, 3.63) is 17.3 Å². The van der Waals surface area contributed by atoms with Crippen LogP contribution >= 0.6 is 11.6 Å². The lowest BCUT2D eigenvalue weighted by Gasteiger charge is -2.15. The quantitative estimate of drug-likeness (QED) is 0.681. The van der Waals surface area contributed by atoms with Gasteiger partial charge >= 0.3 is 6.36 Å². The highest BCUT2D eigenvalue weighted by Gasteiger charge is 2.34. The first-order chi connectivity index (χ1) is 7.74. The van der Waals surface area contributed by atoms with Gasteiger partial charge in [0.1, 0.15) is 17.1 Å². The standard InChI is InChI=1S/C8H6ClF5N2O/c9-2-3-1-4(17-8(12,13)14)5(6(10)11)7(15)16-3/h1,6H,2H2,(H2,15,16). The molecule has 0 fully saturated rings. The van der Waals surface area contributed by atoms with Crippen molar-refractivity contribution in [3.8, 4) is 5.75 Å². The number of pyridine rings is 1. The molecule has 0 spiro atoms. The molecule has 1 heterocycles. The van der Waals surface area contributed by atoms with E-state index in [-0.39, 0.29) is 11.6 Å². The number of halogens is 6. The second-order valence-corrected chi connectivity index (χ2v) is 3.16. The minimum atomic E-state index is -5.10. The fourth-order valence-corrected chi connectivity index (χ4v) is 1.24. The van der Waals surface area contributed by atoms with E-state index < -0.39 is 29.9 Å². The van der Waals surface area contributed by atoms with E-state index in [1.165, 1.54) is 0 Å². The third-order valence-corrected chi connectivity index (χ3v) is 1.96. The van der Waals surface area contributed by atoms with Crippen molar-refractivity contribution in [2.45, 2.75) is 18.7 Å². The molecule has 2 N–H and O–H groups in total. The number of hydrogen-bond donors (Lipinski definition) is 1. The van der Waals surface area contributed by atoms with Crippen LogP contribution in [0.15, 0.2) is 6.07 Å². The van der Waals surface area contributed by atoms with Crippen LogP contribution in [0.2, 0.25) is 0 Å². The Balaban J connectivity index is 3.27. The van der Waals surface area contributed by atoms with E-state index in [2.05, 4.69) is 9.72 Å². The Morgan fingerprint density at radius 3 is 2.41 bits per heavy atom. The van der Waals surface area contributed by atoms with Crippen molar-refractivity contribution in [2.24, 2.45) is 0 Å². The van der Waals surface area contributed by atoms with Crippen LogP contribution in [0.4, 0.5) is 27.8 Å². The highest BCUT2D eigenvalue weighted by Crippen LogP contribution is 2.36. The van der Waals surface area contributed by atoms with Gasteiger partial charge < -0.3 is 10.5 Å². The maximum atomic E-state index is 12.5. The Labute approximate surface area is 97.3 Å². The number of aromatic nitrogens is 1. The van der Waals surface area contributed by atoms with Gasteiger partial charge in [-0.05, 0) is 0 Å². The maximum Gasteiger partial charge on any atom is 0.573 e. The normalized spacial score (nSPS) is 11.9. The fraction of sp³-hybridized carbons (Fsp3) is 0.375. The number of alkyl halides is 6. The summed E-state index contributed by atoms with van der Waals surface area (Å²) in [4.78, 5) is 3.42. The van der Waals surface area contributed by atoms with Crippen LogP contribution in [0.5, 0.6) is 5.75 Å². The fourth-order valence-electron chi connectivity index (χ4n) is 1.10. The third kappa shape index (κ3) is 3.58. The molecule has 0 atom stereocenters. The van der Waals surface area contributed by atoms with Gasteiger partial charge in [-0.2, -0.15) is 0 Å². The smallest absolute Gasteiger partial charge is 0.405 e. The minimum Gasteiger partial charge on any atom is -0.405 e. The zero-order valence-electron chi connectivity index (χ0n) is 8.06. The van der Waals surface area contributed by atoms with Crippen molar-refractivity contribution in [2.75, 3.05) is 5.73 Å². The molecule has 17 heavy (non-hydrogen) atoms. The Hall–Kier alpha value is -1.31. The van der Waals surface area contributed by atoms with Gasteiger partial charge in [-0.15, -0.1) is 24.8 Å². The molecular formula is C8H6ClF5N2O. The summed E-state index contributed by atoms with van der Waals surface area (Å²) < 4.78 is 64.4. The van der Waals surface area contributed by atoms with Gasteiger partial charge in [0.05, 0.1) is 11.6 Å². The monoisotopic (exact) mass is 276 g/mol. The second kappa shape index (κ2) is 4.91. The molecular weight excluding hydrogens is 271 g/mol. The summed E-state index contributed by atoms with van der Waals surface area (Å²) in [6.45, 7) is 0. The Morgan fingerprint density at radius 2 is 2.00 bits per heavy atom. The molecule has 0 aliphatic rings. The molecule has 1 aromatic heterocycles. The molecule has 0 aliphatic heterocycles. The van der Waals surface area contributed by atoms with Gasteiger partial charge in [0, 0.05) is 6.07 Å². The molecule has 3 nitrogen and oxygen atoms in total. The van der Waals surface area contributed by atoms with E-state index in [0.29, 0.717) is 6.07 Å². The van der Waals surface area contributed by atoms with Crippen LogP contribution in [0.25, 0.3) is 0 Å². The van der Waals surface area contributed by atoms with E-state index in [1.807, 2.05) is 0 Å². The van der Waals surface area contributed by atoms with Crippen molar-refractivity contribution >= 4 is 17.4 Å².